The van der Waals surface area contributed by atoms with E-state index in [2.05, 4.69) is 20.6 Å². The summed E-state index contributed by atoms with van der Waals surface area (Å²) < 4.78 is 8.44. The van der Waals surface area contributed by atoms with E-state index in [4.69, 9.17) is 9.72 Å². The highest BCUT2D eigenvalue weighted by atomic mass is 32.1. The Bertz CT molecular complexity index is 1260. The summed E-state index contributed by atoms with van der Waals surface area (Å²) in [5.41, 5.74) is 5.39. The van der Waals surface area contributed by atoms with Crippen molar-refractivity contribution in [3.05, 3.63) is 42.1 Å². The number of anilines is 1. The number of nitrogens with zero attached hydrogens (tertiary/aromatic N) is 5. The van der Waals surface area contributed by atoms with Gasteiger partial charge in [-0.25, -0.2) is 9.97 Å². The van der Waals surface area contributed by atoms with Crippen LogP contribution < -0.4 is 9.64 Å². The fourth-order valence-electron chi connectivity index (χ4n) is 3.74. The molecule has 146 valence electrons. The van der Waals surface area contributed by atoms with Crippen molar-refractivity contribution < 1.29 is 9.53 Å². The number of aryl methyl sites for hydroxylation is 1. The summed E-state index contributed by atoms with van der Waals surface area (Å²) >= 11 is 1.51. The lowest BCUT2D eigenvalue weighted by atomic mass is 10.1. The molecule has 1 aliphatic rings. The van der Waals surface area contributed by atoms with Crippen LogP contribution >= 0.6 is 11.3 Å². The predicted octanol–water partition coefficient (Wildman–Crippen LogP) is 3.91. The summed E-state index contributed by atoms with van der Waals surface area (Å²) in [5, 5.41) is 0.638. The van der Waals surface area contributed by atoms with E-state index in [0.29, 0.717) is 24.2 Å². The van der Waals surface area contributed by atoms with Crippen molar-refractivity contribution in [2.24, 2.45) is 0 Å². The Hall–Kier alpha value is -3.26. The van der Waals surface area contributed by atoms with Crippen LogP contribution in [0.3, 0.4) is 0 Å². The molecule has 0 bridgehead atoms. The third kappa shape index (κ3) is 2.87. The predicted molar refractivity (Wildman–Crippen MR) is 113 cm³/mol. The highest BCUT2D eigenvalue weighted by molar-refractivity contribution is 7.20. The van der Waals surface area contributed by atoms with Crippen LogP contribution in [0.25, 0.3) is 32.9 Å². The number of rotatable bonds is 3. The van der Waals surface area contributed by atoms with Gasteiger partial charge in [-0.05, 0) is 31.2 Å². The number of hydrogen-bond donors (Lipinski definition) is 0. The minimum atomic E-state index is -0.00769. The number of carbonyl (C=O) groups is 1. The van der Waals surface area contributed by atoms with E-state index in [-0.39, 0.29) is 5.91 Å². The maximum Gasteiger partial charge on any atom is 0.274 e. The lowest BCUT2D eigenvalue weighted by Crippen LogP contribution is -2.26. The number of amides is 1. The maximum absolute atomic E-state index is 12.1. The second kappa shape index (κ2) is 6.66. The molecular weight excluding hydrogens is 386 g/mol. The van der Waals surface area contributed by atoms with Gasteiger partial charge in [0, 0.05) is 31.3 Å². The van der Waals surface area contributed by atoms with E-state index in [1.807, 2.05) is 37.3 Å². The largest absolute Gasteiger partial charge is 0.473 e. The molecule has 1 aromatic carbocycles. The molecule has 0 saturated heterocycles. The van der Waals surface area contributed by atoms with E-state index in [1.54, 1.807) is 18.9 Å². The number of imidazole rings is 1. The van der Waals surface area contributed by atoms with Crippen LogP contribution in [-0.4, -0.2) is 39.1 Å². The van der Waals surface area contributed by atoms with Crippen molar-refractivity contribution in [2.75, 3.05) is 18.6 Å². The van der Waals surface area contributed by atoms with Gasteiger partial charge in [-0.15, -0.1) is 0 Å². The molecule has 0 saturated carbocycles. The first kappa shape index (κ1) is 17.8. The molecule has 0 atom stereocenters. The van der Waals surface area contributed by atoms with Gasteiger partial charge in [-0.2, -0.15) is 0 Å². The molecule has 1 amide bonds. The highest BCUT2D eigenvalue weighted by Gasteiger charge is 2.30. The van der Waals surface area contributed by atoms with Crippen LogP contribution in [0.4, 0.5) is 5.95 Å². The Balaban J connectivity index is 1.75. The number of ether oxygens (including phenoxy) is 1. The number of fused-ring (bicyclic) bond motifs is 2. The second-order valence-corrected chi connectivity index (χ2v) is 7.96. The van der Waals surface area contributed by atoms with Crippen LogP contribution in [-0.2, 0) is 11.3 Å². The van der Waals surface area contributed by atoms with Gasteiger partial charge in [0.15, 0.2) is 0 Å². The molecule has 0 unspecified atom stereocenters. The third-order valence-electron chi connectivity index (χ3n) is 5.06. The van der Waals surface area contributed by atoms with Gasteiger partial charge in [-0.3, -0.25) is 14.7 Å². The number of hydrogen-bond acceptors (Lipinski definition) is 6. The number of methoxy groups -OCH3 is 1. The molecule has 0 spiro atoms. The number of thiazole rings is 1. The molecule has 0 aliphatic carbocycles. The summed E-state index contributed by atoms with van der Waals surface area (Å²) in [6.07, 6.45) is 0. The van der Waals surface area contributed by atoms with Crippen LogP contribution in [0, 0.1) is 6.92 Å². The van der Waals surface area contributed by atoms with Gasteiger partial charge in [0.25, 0.3) is 5.19 Å². The first-order chi connectivity index (χ1) is 14.0. The van der Waals surface area contributed by atoms with E-state index in [1.165, 1.54) is 11.3 Å². The molecule has 1 aliphatic heterocycles. The molecule has 0 radical (unpaired) electrons. The minimum absolute atomic E-state index is 0.00769. The Kier molecular flexibility index (Phi) is 4.09. The van der Waals surface area contributed by atoms with Gasteiger partial charge in [0.2, 0.25) is 11.9 Å². The lowest BCUT2D eigenvalue weighted by molar-refractivity contribution is -0.116. The standard InChI is InChI=1S/C21H19N5O2S/c1-12-5-4-6-16(22-12)18-19(26-10-9-25(13(2)27)20(26)24-18)14-7-8-15-17(11-14)29-21(23-15)28-3/h4-8,11H,9-10H2,1-3H3. The highest BCUT2D eigenvalue weighted by Crippen LogP contribution is 2.39. The van der Waals surface area contributed by atoms with E-state index < -0.39 is 0 Å². The molecule has 7 nitrogen and oxygen atoms in total. The molecule has 4 heterocycles. The average Bonchev–Trinajstić information content (AvgIpc) is 3.39. The van der Waals surface area contributed by atoms with E-state index in [0.717, 1.165) is 38.6 Å². The van der Waals surface area contributed by atoms with Gasteiger partial charge >= 0.3 is 0 Å². The number of benzene rings is 1. The molecular formula is C21H19N5O2S. The molecule has 4 aromatic rings. The van der Waals surface area contributed by atoms with Crippen molar-refractivity contribution in [1.29, 1.82) is 0 Å². The smallest absolute Gasteiger partial charge is 0.274 e. The first-order valence-electron chi connectivity index (χ1n) is 9.33. The minimum Gasteiger partial charge on any atom is -0.473 e. The van der Waals surface area contributed by atoms with Crippen LogP contribution in [0.2, 0.25) is 0 Å². The van der Waals surface area contributed by atoms with Crippen molar-refractivity contribution in [2.45, 2.75) is 20.4 Å². The molecule has 0 fully saturated rings. The zero-order chi connectivity index (χ0) is 20.1. The molecule has 3 aromatic heterocycles. The summed E-state index contributed by atoms with van der Waals surface area (Å²) in [5.74, 6) is 0.666. The van der Waals surface area contributed by atoms with Crippen LogP contribution in [0.1, 0.15) is 12.6 Å². The average molecular weight is 405 g/mol. The number of aromatic nitrogens is 4. The van der Waals surface area contributed by atoms with Gasteiger partial charge in [0.1, 0.15) is 5.69 Å². The Morgan fingerprint density at radius 1 is 1.14 bits per heavy atom. The van der Waals surface area contributed by atoms with Crippen molar-refractivity contribution in [3.63, 3.8) is 0 Å². The maximum atomic E-state index is 12.1. The van der Waals surface area contributed by atoms with E-state index >= 15 is 0 Å². The van der Waals surface area contributed by atoms with Gasteiger partial charge < -0.3 is 9.30 Å². The molecule has 8 heteroatoms. The molecule has 5 rings (SSSR count). The van der Waals surface area contributed by atoms with Crippen LogP contribution in [0.15, 0.2) is 36.4 Å². The van der Waals surface area contributed by atoms with Gasteiger partial charge in [-0.1, -0.05) is 23.5 Å². The zero-order valence-corrected chi connectivity index (χ0v) is 17.2. The topological polar surface area (TPSA) is 73.1 Å². The fraction of sp³-hybridized carbons (Fsp3) is 0.238. The van der Waals surface area contributed by atoms with Crippen molar-refractivity contribution >= 4 is 33.4 Å². The zero-order valence-electron chi connectivity index (χ0n) is 16.3. The van der Waals surface area contributed by atoms with E-state index in [9.17, 15) is 4.79 Å². The molecule has 29 heavy (non-hydrogen) atoms. The van der Waals surface area contributed by atoms with Crippen LogP contribution in [0.5, 0.6) is 5.19 Å². The quantitative estimate of drug-likeness (QED) is 0.517. The van der Waals surface area contributed by atoms with Gasteiger partial charge in [0.05, 0.1) is 28.7 Å². The number of carbonyl (C=O) groups excluding carboxylic acids is 1. The third-order valence-corrected chi connectivity index (χ3v) is 6.04. The lowest BCUT2D eigenvalue weighted by Gasteiger charge is -2.09. The monoisotopic (exact) mass is 405 g/mol. The first-order valence-corrected chi connectivity index (χ1v) is 10.1. The molecule has 0 N–H and O–H groups in total. The Morgan fingerprint density at radius 3 is 2.76 bits per heavy atom. The second-order valence-electron chi connectivity index (χ2n) is 6.96. The summed E-state index contributed by atoms with van der Waals surface area (Å²) in [4.78, 5) is 27.8. The van der Waals surface area contributed by atoms with Crippen molar-refractivity contribution in [1.82, 2.24) is 19.5 Å². The summed E-state index contributed by atoms with van der Waals surface area (Å²) in [6, 6.07) is 12.0. The summed E-state index contributed by atoms with van der Waals surface area (Å²) in [7, 11) is 1.63. The Labute approximate surface area is 171 Å². The summed E-state index contributed by atoms with van der Waals surface area (Å²) in [6.45, 7) is 4.87. The number of pyridine rings is 1. The Morgan fingerprint density at radius 2 is 2.00 bits per heavy atom. The fourth-order valence-corrected chi connectivity index (χ4v) is 4.56. The van der Waals surface area contributed by atoms with Crippen molar-refractivity contribution in [3.8, 4) is 27.8 Å². The normalized spacial score (nSPS) is 13.1. The SMILES string of the molecule is COc1nc2ccc(-c3c(-c4cccc(C)n4)nc4n3CCN4C(C)=O)cc2s1.